The monoisotopic (exact) mass is 295 g/mol. The minimum absolute atomic E-state index is 0.0381. The molecule has 1 unspecified atom stereocenters. The number of benzene rings is 1. The largest absolute Gasteiger partial charge is 0.493 e. The van der Waals surface area contributed by atoms with Gasteiger partial charge in [-0.15, -0.1) is 0 Å². The van der Waals surface area contributed by atoms with E-state index in [1.807, 2.05) is 6.92 Å². The maximum atomic E-state index is 11.2. The van der Waals surface area contributed by atoms with E-state index in [4.69, 9.17) is 19.3 Å². The molecule has 0 radical (unpaired) electrons. The third-order valence-corrected chi connectivity index (χ3v) is 2.83. The molecule has 1 aromatic rings. The summed E-state index contributed by atoms with van der Waals surface area (Å²) in [5, 5.41) is 11.6. The molecule has 1 aromatic carbocycles. The number of carboxylic acids is 1. The van der Waals surface area contributed by atoms with Crippen molar-refractivity contribution in [2.24, 2.45) is 0 Å². The minimum atomic E-state index is -1.09. The molecule has 1 atom stereocenters. The molecule has 1 saturated heterocycles. The van der Waals surface area contributed by atoms with Crippen LogP contribution in [-0.2, 0) is 4.74 Å². The average molecular weight is 295 g/mol. The number of nitrogens with one attached hydrogen (secondary N) is 1. The lowest BCUT2D eigenvalue weighted by molar-refractivity contribution is 0.0684. The van der Waals surface area contributed by atoms with Crippen LogP contribution in [0.3, 0.4) is 0 Å². The SMILES string of the molecule is CCCOc1ccc(C(=O)O)c(OCC2CNC(=O)O2)c1. The Kier molecular flexibility index (Phi) is 4.86. The van der Waals surface area contributed by atoms with Crippen LogP contribution in [0.1, 0.15) is 23.7 Å². The highest BCUT2D eigenvalue weighted by atomic mass is 16.6. The molecule has 0 aliphatic carbocycles. The van der Waals surface area contributed by atoms with Crippen LogP contribution >= 0.6 is 0 Å². The van der Waals surface area contributed by atoms with Gasteiger partial charge in [-0.05, 0) is 18.6 Å². The van der Waals surface area contributed by atoms with E-state index in [2.05, 4.69) is 5.32 Å². The van der Waals surface area contributed by atoms with Crippen LogP contribution in [0.4, 0.5) is 4.79 Å². The van der Waals surface area contributed by atoms with Crippen LogP contribution in [0.25, 0.3) is 0 Å². The van der Waals surface area contributed by atoms with Gasteiger partial charge in [0.15, 0.2) is 6.10 Å². The number of alkyl carbamates (subject to hydrolysis) is 1. The van der Waals surface area contributed by atoms with Gasteiger partial charge >= 0.3 is 12.1 Å². The second kappa shape index (κ2) is 6.83. The quantitative estimate of drug-likeness (QED) is 0.794. The van der Waals surface area contributed by atoms with E-state index in [-0.39, 0.29) is 17.9 Å². The van der Waals surface area contributed by atoms with E-state index in [1.165, 1.54) is 12.1 Å². The predicted molar refractivity (Wildman–Crippen MR) is 73.0 cm³/mol. The number of rotatable bonds is 7. The van der Waals surface area contributed by atoms with E-state index in [0.29, 0.717) is 18.9 Å². The average Bonchev–Trinajstić information content (AvgIpc) is 2.88. The first-order valence-corrected chi connectivity index (χ1v) is 6.67. The van der Waals surface area contributed by atoms with E-state index in [1.54, 1.807) is 6.07 Å². The molecule has 114 valence electrons. The zero-order valence-electron chi connectivity index (χ0n) is 11.6. The van der Waals surface area contributed by atoms with Crippen LogP contribution < -0.4 is 14.8 Å². The van der Waals surface area contributed by atoms with E-state index in [9.17, 15) is 9.59 Å². The first-order valence-electron chi connectivity index (χ1n) is 6.67. The third kappa shape index (κ3) is 4.01. The first-order chi connectivity index (χ1) is 10.1. The number of cyclic esters (lactones) is 1. The van der Waals surface area contributed by atoms with Crippen molar-refractivity contribution in [3.8, 4) is 11.5 Å². The molecule has 0 aromatic heterocycles. The number of aromatic carboxylic acids is 1. The number of hydrogen-bond donors (Lipinski definition) is 2. The Balaban J connectivity index is 2.06. The Morgan fingerprint density at radius 3 is 2.90 bits per heavy atom. The van der Waals surface area contributed by atoms with Gasteiger partial charge in [0, 0.05) is 6.07 Å². The molecule has 2 rings (SSSR count). The van der Waals surface area contributed by atoms with Crippen molar-refractivity contribution in [3.63, 3.8) is 0 Å². The summed E-state index contributed by atoms with van der Waals surface area (Å²) in [4.78, 5) is 22.1. The number of hydrogen-bond acceptors (Lipinski definition) is 5. The molecule has 1 aliphatic rings. The van der Waals surface area contributed by atoms with Crippen LogP contribution in [-0.4, -0.2) is 43.0 Å². The normalized spacial score (nSPS) is 17.0. The summed E-state index contributed by atoms with van der Waals surface area (Å²) >= 11 is 0. The second-order valence-corrected chi connectivity index (χ2v) is 4.53. The summed E-state index contributed by atoms with van der Waals surface area (Å²) in [5.74, 6) is -0.356. The summed E-state index contributed by atoms with van der Waals surface area (Å²) in [6.07, 6.45) is -0.0814. The van der Waals surface area contributed by atoms with Crippen molar-refractivity contribution >= 4 is 12.1 Å². The highest BCUT2D eigenvalue weighted by Crippen LogP contribution is 2.25. The van der Waals surface area contributed by atoms with Gasteiger partial charge in [0.2, 0.25) is 0 Å². The number of carboxylic acid groups (broad SMARTS) is 1. The molecule has 21 heavy (non-hydrogen) atoms. The smallest absolute Gasteiger partial charge is 0.407 e. The molecule has 1 fully saturated rings. The number of carbonyl (C=O) groups is 2. The Labute approximate surface area is 121 Å². The number of carbonyl (C=O) groups excluding carboxylic acids is 1. The fourth-order valence-corrected chi connectivity index (χ4v) is 1.82. The molecule has 1 aliphatic heterocycles. The van der Waals surface area contributed by atoms with Gasteiger partial charge in [-0.25, -0.2) is 9.59 Å². The summed E-state index contributed by atoms with van der Waals surface area (Å²) in [7, 11) is 0. The molecule has 1 amide bonds. The lowest BCUT2D eigenvalue weighted by Crippen LogP contribution is -2.22. The van der Waals surface area contributed by atoms with Crippen molar-refractivity contribution in [3.05, 3.63) is 23.8 Å². The van der Waals surface area contributed by atoms with Crippen molar-refractivity contribution < 1.29 is 28.9 Å². The van der Waals surface area contributed by atoms with Crippen molar-refractivity contribution in [2.75, 3.05) is 19.8 Å². The van der Waals surface area contributed by atoms with Gasteiger partial charge in [-0.1, -0.05) is 6.92 Å². The number of amides is 1. The van der Waals surface area contributed by atoms with Crippen LogP contribution in [0.15, 0.2) is 18.2 Å². The van der Waals surface area contributed by atoms with E-state index < -0.39 is 18.2 Å². The fraction of sp³-hybridized carbons (Fsp3) is 0.429. The van der Waals surface area contributed by atoms with Crippen molar-refractivity contribution in [1.82, 2.24) is 5.32 Å². The summed E-state index contributed by atoms with van der Waals surface area (Å²) in [6.45, 7) is 2.93. The zero-order chi connectivity index (χ0) is 15.2. The number of ether oxygens (including phenoxy) is 3. The second-order valence-electron chi connectivity index (χ2n) is 4.53. The topological polar surface area (TPSA) is 94.1 Å². The lowest BCUT2D eigenvalue weighted by Gasteiger charge is -2.13. The van der Waals surface area contributed by atoms with Gasteiger partial charge in [-0.3, -0.25) is 0 Å². The first kappa shape index (κ1) is 15.0. The maximum absolute atomic E-state index is 11.2. The van der Waals surface area contributed by atoms with Gasteiger partial charge < -0.3 is 24.6 Å². The minimum Gasteiger partial charge on any atom is -0.493 e. The summed E-state index contributed by atoms with van der Waals surface area (Å²) in [5.41, 5.74) is 0.0381. The fourth-order valence-electron chi connectivity index (χ4n) is 1.82. The maximum Gasteiger partial charge on any atom is 0.407 e. The molecular formula is C14H17NO6. The van der Waals surface area contributed by atoms with Crippen LogP contribution in [0, 0.1) is 0 Å². The van der Waals surface area contributed by atoms with Gasteiger partial charge in [0.05, 0.1) is 13.2 Å². The Morgan fingerprint density at radius 1 is 1.48 bits per heavy atom. The molecule has 0 bridgehead atoms. The molecule has 0 spiro atoms. The van der Waals surface area contributed by atoms with Crippen molar-refractivity contribution in [2.45, 2.75) is 19.4 Å². The Morgan fingerprint density at radius 2 is 2.29 bits per heavy atom. The highest BCUT2D eigenvalue weighted by Gasteiger charge is 2.24. The van der Waals surface area contributed by atoms with Gasteiger partial charge in [0.25, 0.3) is 0 Å². The molecular weight excluding hydrogens is 278 g/mol. The van der Waals surface area contributed by atoms with Gasteiger partial charge in [0.1, 0.15) is 23.7 Å². The predicted octanol–water partition coefficient (Wildman–Crippen LogP) is 1.66. The van der Waals surface area contributed by atoms with Crippen LogP contribution in [0.2, 0.25) is 0 Å². The third-order valence-electron chi connectivity index (χ3n) is 2.83. The van der Waals surface area contributed by atoms with Crippen LogP contribution in [0.5, 0.6) is 11.5 Å². The molecule has 2 N–H and O–H groups in total. The Bertz CT molecular complexity index is 530. The van der Waals surface area contributed by atoms with Crippen molar-refractivity contribution in [1.29, 1.82) is 0 Å². The summed E-state index contributed by atoms with van der Waals surface area (Å²) in [6, 6.07) is 4.55. The summed E-state index contributed by atoms with van der Waals surface area (Å²) < 4.78 is 15.8. The van der Waals surface area contributed by atoms with E-state index >= 15 is 0 Å². The van der Waals surface area contributed by atoms with Gasteiger partial charge in [-0.2, -0.15) is 0 Å². The molecule has 0 saturated carbocycles. The zero-order valence-corrected chi connectivity index (χ0v) is 11.6. The van der Waals surface area contributed by atoms with E-state index in [0.717, 1.165) is 6.42 Å². The molecule has 7 heteroatoms. The molecule has 7 nitrogen and oxygen atoms in total. The highest BCUT2D eigenvalue weighted by molar-refractivity contribution is 5.91. The molecule has 1 heterocycles. The standard InChI is InChI=1S/C14H17NO6/c1-2-5-19-9-3-4-11(13(16)17)12(6-9)20-8-10-7-15-14(18)21-10/h3-4,6,10H,2,5,7-8H2,1H3,(H,15,18)(H,16,17). The lowest BCUT2D eigenvalue weighted by atomic mass is 10.2. The Hall–Kier alpha value is -2.44.